The monoisotopic (exact) mass is 282 g/mol. The predicted molar refractivity (Wildman–Crippen MR) is 70.1 cm³/mol. The first kappa shape index (κ1) is 14.2. The molecule has 2 atom stereocenters. The Balaban J connectivity index is 2.25. The highest BCUT2D eigenvalue weighted by Gasteiger charge is 2.32. The van der Waals surface area contributed by atoms with Crippen molar-refractivity contribution in [2.24, 2.45) is 5.92 Å². The Bertz CT molecular complexity index is 535. The minimum absolute atomic E-state index is 0.0353. The van der Waals surface area contributed by atoms with Gasteiger partial charge in [-0.1, -0.05) is 12.8 Å². The molecule has 2 unspecified atom stereocenters. The maximum absolute atomic E-state index is 13.2. The lowest BCUT2D eigenvalue weighted by atomic mass is 9.84. The number of nitro benzene ring substituents is 1. The smallest absolute Gasteiger partial charge is 0.308 e. The summed E-state index contributed by atoms with van der Waals surface area (Å²) in [4.78, 5) is 21.5. The van der Waals surface area contributed by atoms with Gasteiger partial charge in [-0.2, -0.15) is 0 Å². The third kappa shape index (κ3) is 3.04. The average Bonchev–Trinajstić information content (AvgIpc) is 2.38. The number of carbonyl (C=O) groups is 1. The molecule has 1 aliphatic rings. The molecular formula is C13H15FN2O4. The van der Waals surface area contributed by atoms with Crippen LogP contribution in [0.2, 0.25) is 0 Å². The van der Waals surface area contributed by atoms with Crippen LogP contribution in [0, 0.1) is 21.8 Å². The number of halogens is 1. The van der Waals surface area contributed by atoms with Crippen molar-refractivity contribution in [1.29, 1.82) is 0 Å². The topological polar surface area (TPSA) is 92.5 Å². The molecule has 108 valence electrons. The quantitative estimate of drug-likeness (QED) is 0.654. The zero-order chi connectivity index (χ0) is 14.7. The number of carboxylic acids is 1. The van der Waals surface area contributed by atoms with Gasteiger partial charge in [-0.25, -0.2) is 4.39 Å². The van der Waals surface area contributed by atoms with Gasteiger partial charge >= 0.3 is 5.97 Å². The molecule has 2 N–H and O–H groups in total. The molecule has 2 rings (SSSR count). The van der Waals surface area contributed by atoms with Crippen molar-refractivity contribution in [3.8, 4) is 0 Å². The van der Waals surface area contributed by atoms with E-state index in [4.69, 9.17) is 0 Å². The van der Waals surface area contributed by atoms with Gasteiger partial charge in [0.05, 0.1) is 10.8 Å². The summed E-state index contributed by atoms with van der Waals surface area (Å²) >= 11 is 0. The van der Waals surface area contributed by atoms with Crippen molar-refractivity contribution >= 4 is 17.3 Å². The van der Waals surface area contributed by atoms with E-state index >= 15 is 0 Å². The standard InChI is InChI=1S/C13H15FN2O4/c14-8-5-6-12(16(19)20)11(7-8)15-10-4-2-1-3-9(10)13(17)18/h5-7,9-10,15H,1-4H2,(H,17,18). The van der Waals surface area contributed by atoms with Crippen LogP contribution in [0.25, 0.3) is 0 Å². The van der Waals surface area contributed by atoms with Gasteiger partial charge in [-0.3, -0.25) is 14.9 Å². The van der Waals surface area contributed by atoms with Crippen LogP contribution in [0.15, 0.2) is 18.2 Å². The Labute approximate surface area is 114 Å². The molecule has 6 nitrogen and oxygen atoms in total. The summed E-state index contributed by atoms with van der Waals surface area (Å²) in [5, 5.41) is 22.9. The first-order valence-electron chi connectivity index (χ1n) is 6.42. The van der Waals surface area contributed by atoms with Crippen LogP contribution < -0.4 is 5.32 Å². The van der Waals surface area contributed by atoms with E-state index in [1.54, 1.807) is 0 Å². The highest BCUT2D eigenvalue weighted by molar-refractivity contribution is 5.72. The normalized spacial score (nSPS) is 22.2. The molecule has 0 spiro atoms. The van der Waals surface area contributed by atoms with Gasteiger partial charge in [0.15, 0.2) is 0 Å². The van der Waals surface area contributed by atoms with E-state index in [1.165, 1.54) is 0 Å². The van der Waals surface area contributed by atoms with Crippen molar-refractivity contribution in [2.75, 3.05) is 5.32 Å². The average molecular weight is 282 g/mol. The summed E-state index contributed by atoms with van der Waals surface area (Å²) in [6.45, 7) is 0. The molecule has 1 aromatic rings. The number of nitrogens with zero attached hydrogens (tertiary/aromatic N) is 1. The summed E-state index contributed by atoms with van der Waals surface area (Å²) in [7, 11) is 0. The zero-order valence-corrected chi connectivity index (χ0v) is 10.7. The van der Waals surface area contributed by atoms with Crippen LogP contribution in [0.1, 0.15) is 25.7 Å². The Kier molecular flexibility index (Phi) is 4.16. The number of hydrogen-bond acceptors (Lipinski definition) is 4. The molecule has 0 heterocycles. The SMILES string of the molecule is O=C(O)C1CCCCC1Nc1cc(F)ccc1[N+](=O)[O-]. The number of aliphatic carboxylic acids is 1. The van der Waals surface area contributed by atoms with Crippen LogP contribution in [-0.4, -0.2) is 22.0 Å². The van der Waals surface area contributed by atoms with Gasteiger partial charge in [0, 0.05) is 18.2 Å². The van der Waals surface area contributed by atoms with Crippen LogP contribution >= 0.6 is 0 Å². The van der Waals surface area contributed by atoms with Crippen molar-refractivity contribution < 1.29 is 19.2 Å². The molecule has 0 radical (unpaired) electrons. The molecule has 1 aliphatic carbocycles. The Morgan fingerprint density at radius 2 is 2.10 bits per heavy atom. The van der Waals surface area contributed by atoms with Crippen LogP contribution in [0.3, 0.4) is 0 Å². The molecule has 1 aromatic carbocycles. The molecule has 0 bridgehead atoms. The number of carboxylic acid groups (broad SMARTS) is 1. The fourth-order valence-electron chi connectivity index (χ4n) is 2.58. The molecule has 0 saturated heterocycles. The van der Waals surface area contributed by atoms with Gasteiger partial charge < -0.3 is 10.4 Å². The lowest BCUT2D eigenvalue weighted by Gasteiger charge is -2.29. The lowest BCUT2D eigenvalue weighted by Crippen LogP contribution is -2.37. The summed E-state index contributed by atoms with van der Waals surface area (Å²) in [6.07, 6.45) is 2.80. The summed E-state index contributed by atoms with van der Waals surface area (Å²) in [5.74, 6) is -2.13. The van der Waals surface area contributed by atoms with E-state index in [-0.39, 0.29) is 11.4 Å². The number of benzene rings is 1. The Hall–Kier alpha value is -2.18. The van der Waals surface area contributed by atoms with Crippen LogP contribution in [-0.2, 0) is 4.79 Å². The molecule has 0 amide bonds. The second-order valence-electron chi connectivity index (χ2n) is 4.90. The van der Waals surface area contributed by atoms with Crippen molar-refractivity contribution in [2.45, 2.75) is 31.7 Å². The van der Waals surface area contributed by atoms with E-state index in [2.05, 4.69) is 5.32 Å². The fourth-order valence-corrected chi connectivity index (χ4v) is 2.58. The molecule has 20 heavy (non-hydrogen) atoms. The second-order valence-corrected chi connectivity index (χ2v) is 4.90. The van der Waals surface area contributed by atoms with Gasteiger partial charge in [-0.05, 0) is 18.9 Å². The second kappa shape index (κ2) is 5.85. The first-order chi connectivity index (χ1) is 9.49. The van der Waals surface area contributed by atoms with E-state index in [0.29, 0.717) is 12.8 Å². The first-order valence-corrected chi connectivity index (χ1v) is 6.42. The van der Waals surface area contributed by atoms with E-state index in [0.717, 1.165) is 31.0 Å². The number of rotatable bonds is 4. The number of nitrogens with one attached hydrogen (secondary N) is 1. The largest absolute Gasteiger partial charge is 0.481 e. The third-order valence-corrected chi connectivity index (χ3v) is 3.58. The van der Waals surface area contributed by atoms with E-state index < -0.39 is 28.7 Å². The Morgan fingerprint density at radius 3 is 2.75 bits per heavy atom. The number of nitro groups is 1. The van der Waals surface area contributed by atoms with Gasteiger partial charge in [-0.15, -0.1) is 0 Å². The van der Waals surface area contributed by atoms with Gasteiger partial charge in [0.25, 0.3) is 5.69 Å². The molecule has 0 aromatic heterocycles. The van der Waals surface area contributed by atoms with Gasteiger partial charge in [0.2, 0.25) is 0 Å². The maximum Gasteiger partial charge on any atom is 0.308 e. The highest BCUT2D eigenvalue weighted by atomic mass is 19.1. The molecule has 0 aliphatic heterocycles. The third-order valence-electron chi connectivity index (χ3n) is 3.58. The van der Waals surface area contributed by atoms with Crippen LogP contribution in [0.4, 0.5) is 15.8 Å². The summed E-state index contributed by atoms with van der Waals surface area (Å²) in [6, 6.07) is 2.71. The molecule has 7 heteroatoms. The number of hydrogen-bond donors (Lipinski definition) is 2. The molecular weight excluding hydrogens is 267 g/mol. The fraction of sp³-hybridized carbons (Fsp3) is 0.462. The maximum atomic E-state index is 13.2. The lowest BCUT2D eigenvalue weighted by molar-refractivity contribution is -0.384. The summed E-state index contributed by atoms with van der Waals surface area (Å²) in [5.41, 5.74) is -0.214. The summed E-state index contributed by atoms with van der Waals surface area (Å²) < 4.78 is 13.2. The molecule has 1 fully saturated rings. The predicted octanol–water partition coefficient (Wildman–Crippen LogP) is 2.79. The number of anilines is 1. The van der Waals surface area contributed by atoms with Crippen molar-refractivity contribution in [1.82, 2.24) is 0 Å². The van der Waals surface area contributed by atoms with E-state index in [1.807, 2.05) is 0 Å². The van der Waals surface area contributed by atoms with Crippen LogP contribution in [0.5, 0.6) is 0 Å². The Morgan fingerprint density at radius 1 is 1.40 bits per heavy atom. The van der Waals surface area contributed by atoms with Crippen molar-refractivity contribution in [3.63, 3.8) is 0 Å². The van der Waals surface area contributed by atoms with Crippen molar-refractivity contribution in [3.05, 3.63) is 34.1 Å². The van der Waals surface area contributed by atoms with Gasteiger partial charge in [0.1, 0.15) is 11.5 Å². The highest BCUT2D eigenvalue weighted by Crippen LogP contribution is 2.31. The molecule has 1 saturated carbocycles. The zero-order valence-electron chi connectivity index (χ0n) is 10.7. The van der Waals surface area contributed by atoms with E-state index in [9.17, 15) is 24.4 Å². The minimum Gasteiger partial charge on any atom is -0.481 e. The minimum atomic E-state index is -0.929.